The van der Waals surface area contributed by atoms with E-state index in [9.17, 15) is 0 Å². The molecule has 1 aliphatic rings. The first-order valence-electron chi connectivity index (χ1n) is 16.7. The molecule has 5 rings (SSSR count). The van der Waals surface area contributed by atoms with Gasteiger partial charge in [-0.3, -0.25) is 4.98 Å². The third kappa shape index (κ3) is 8.76. The van der Waals surface area contributed by atoms with Crippen LogP contribution in [-0.2, 0) is 20.8 Å². The van der Waals surface area contributed by atoms with Crippen molar-refractivity contribution in [3.05, 3.63) is 72.6 Å². The lowest BCUT2D eigenvalue weighted by Gasteiger charge is -2.36. The molecule has 248 valence electrons. The van der Waals surface area contributed by atoms with Gasteiger partial charge in [0.2, 0.25) is 8.32 Å². The summed E-state index contributed by atoms with van der Waals surface area (Å²) in [5, 5.41) is 6.24. The van der Waals surface area contributed by atoms with Gasteiger partial charge in [0, 0.05) is 30.2 Å². The van der Waals surface area contributed by atoms with Crippen molar-refractivity contribution in [2.75, 3.05) is 19.8 Å². The number of rotatable bonds is 14. The first-order valence-corrected chi connectivity index (χ1v) is 19.6. The Balaban J connectivity index is 1.26. The lowest BCUT2D eigenvalue weighted by molar-refractivity contribution is -0.0365. The zero-order valence-corrected chi connectivity index (χ0v) is 29.6. The van der Waals surface area contributed by atoms with Crippen LogP contribution in [0.25, 0.3) is 22.2 Å². The van der Waals surface area contributed by atoms with E-state index in [1.165, 1.54) is 0 Å². The molecule has 3 atom stereocenters. The molecular weight excluding hydrogens is 595 g/mol. The number of fused-ring (bicyclic) bond motifs is 1. The standard InChI is InChI=1S/C37H51N3O5Si/c1-27(18-20-41-25-28(2)43-26-29-13-9-8-10-14-29)44-32-21-30(23-38-24-32)36-33-22-31(45-46(6,7)37(3,4)5)16-17-34(33)40(39-36)35-15-11-12-19-42-35/h8-10,13-14,16-17,21-24,27-28,35H,11-12,15,18-20,25-26H2,1-7H3. The molecule has 0 N–H and O–H groups in total. The first kappa shape index (κ1) is 34.1. The number of ether oxygens (including phenoxy) is 4. The van der Waals surface area contributed by atoms with Gasteiger partial charge in [-0.25, -0.2) is 4.68 Å². The summed E-state index contributed by atoms with van der Waals surface area (Å²) in [6, 6.07) is 18.5. The van der Waals surface area contributed by atoms with Gasteiger partial charge >= 0.3 is 0 Å². The van der Waals surface area contributed by atoms with Crippen LogP contribution >= 0.6 is 0 Å². The number of pyridine rings is 1. The monoisotopic (exact) mass is 645 g/mol. The molecule has 2 aromatic heterocycles. The Bertz CT molecular complexity index is 1550. The lowest BCUT2D eigenvalue weighted by atomic mass is 10.1. The lowest BCUT2D eigenvalue weighted by Crippen LogP contribution is -2.43. The van der Waals surface area contributed by atoms with Gasteiger partial charge in [-0.05, 0) is 81.1 Å². The summed E-state index contributed by atoms with van der Waals surface area (Å²) >= 11 is 0. The highest BCUT2D eigenvalue weighted by Crippen LogP contribution is 2.40. The summed E-state index contributed by atoms with van der Waals surface area (Å²) < 4.78 is 33.0. The molecule has 46 heavy (non-hydrogen) atoms. The molecule has 0 radical (unpaired) electrons. The molecule has 1 aliphatic heterocycles. The Morgan fingerprint density at radius 2 is 1.78 bits per heavy atom. The number of aromatic nitrogens is 3. The van der Waals surface area contributed by atoms with E-state index in [4.69, 9.17) is 28.5 Å². The molecule has 2 aromatic carbocycles. The largest absolute Gasteiger partial charge is 0.543 e. The van der Waals surface area contributed by atoms with E-state index in [2.05, 4.69) is 76.1 Å². The fourth-order valence-electron chi connectivity index (χ4n) is 5.24. The van der Waals surface area contributed by atoms with E-state index in [1.807, 2.05) is 42.1 Å². The average Bonchev–Trinajstić information content (AvgIpc) is 3.41. The molecule has 3 unspecified atom stereocenters. The molecule has 1 fully saturated rings. The van der Waals surface area contributed by atoms with Crippen LogP contribution in [0.1, 0.15) is 72.1 Å². The van der Waals surface area contributed by atoms with Crippen molar-refractivity contribution in [3.63, 3.8) is 0 Å². The Morgan fingerprint density at radius 1 is 0.978 bits per heavy atom. The van der Waals surface area contributed by atoms with Gasteiger partial charge in [0.15, 0.2) is 6.23 Å². The van der Waals surface area contributed by atoms with Crippen LogP contribution in [0.4, 0.5) is 0 Å². The minimum absolute atomic E-state index is 0.0127. The van der Waals surface area contributed by atoms with Gasteiger partial charge in [-0.2, -0.15) is 5.10 Å². The van der Waals surface area contributed by atoms with Crippen molar-refractivity contribution < 1.29 is 23.4 Å². The maximum Gasteiger partial charge on any atom is 0.250 e. The molecule has 0 amide bonds. The highest BCUT2D eigenvalue weighted by Gasteiger charge is 2.39. The van der Waals surface area contributed by atoms with E-state index in [0.717, 1.165) is 65.8 Å². The van der Waals surface area contributed by atoms with Crippen LogP contribution in [-0.4, -0.2) is 55.1 Å². The fourth-order valence-corrected chi connectivity index (χ4v) is 6.27. The predicted molar refractivity (Wildman–Crippen MR) is 186 cm³/mol. The molecular formula is C37H51N3O5Si. The molecule has 8 nitrogen and oxygen atoms in total. The fraction of sp³-hybridized carbons (Fsp3) is 0.514. The summed E-state index contributed by atoms with van der Waals surface area (Å²) in [6.07, 6.45) is 7.39. The number of benzene rings is 2. The predicted octanol–water partition coefficient (Wildman–Crippen LogP) is 8.96. The zero-order chi connectivity index (χ0) is 32.7. The Kier molecular flexibility index (Phi) is 11.2. The van der Waals surface area contributed by atoms with Crippen LogP contribution in [0, 0.1) is 0 Å². The van der Waals surface area contributed by atoms with Crippen LogP contribution in [0.3, 0.4) is 0 Å². The first-order chi connectivity index (χ1) is 22.0. The summed E-state index contributed by atoms with van der Waals surface area (Å²) in [4.78, 5) is 4.54. The molecule has 4 aromatic rings. The molecule has 3 heterocycles. The van der Waals surface area contributed by atoms with Crippen molar-refractivity contribution >= 4 is 19.2 Å². The SMILES string of the molecule is CC(COCCC(C)Oc1cncc(-c2nn(C3CCCCO3)c3ccc(O[Si](C)(C)C(C)(C)C)cc23)c1)OCc1ccccc1. The summed E-state index contributed by atoms with van der Waals surface area (Å²) in [6.45, 7) is 17.9. The quantitative estimate of drug-likeness (QED) is 0.100. The molecule has 0 saturated carbocycles. The van der Waals surface area contributed by atoms with Crippen molar-refractivity contribution in [2.24, 2.45) is 0 Å². The molecule has 9 heteroatoms. The van der Waals surface area contributed by atoms with Gasteiger partial charge in [-0.1, -0.05) is 51.1 Å². The molecule has 1 saturated heterocycles. The normalized spacial score (nSPS) is 17.2. The van der Waals surface area contributed by atoms with Gasteiger partial charge in [0.1, 0.15) is 17.2 Å². The van der Waals surface area contributed by atoms with Crippen LogP contribution < -0.4 is 9.16 Å². The summed E-state index contributed by atoms with van der Waals surface area (Å²) in [5.74, 6) is 1.58. The summed E-state index contributed by atoms with van der Waals surface area (Å²) in [5.41, 5.74) is 3.94. The van der Waals surface area contributed by atoms with E-state index in [0.29, 0.717) is 25.6 Å². The number of hydrogen-bond acceptors (Lipinski definition) is 7. The van der Waals surface area contributed by atoms with Crippen LogP contribution in [0.2, 0.25) is 18.1 Å². The average molecular weight is 646 g/mol. The van der Waals surface area contributed by atoms with Crippen molar-refractivity contribution in [2.45, 2.75) is 103 Å². The van der Waals surface area contributed by atoms with Gasteiger partial charge in [0.05, 0.1) is 43.7 Å². The van der Waals surface area contributed by atoms with E-state index in [1.54, 1.807) is 6.20 Å². The maximum atomic E-state index is 6.70. The highest BCUT2D eigenvalue weighted by atomic mass is 28.4. The molecule has 0 spiro atoms. The van der Waals surface area contributed by atoms with E-state index < -0.39 is 8.32 Å². The minimum atomic E-state index is -2.02. The zero-order valence-electron chi connectivity index (χ0n) is 28.6. The third-order valence-corrected chi connectivity index (χ3v) is 13.4. The van der Waals surface area contributed by atoms with E-state index >= 15 is 0 Å². The Hall–Kier alpha value is -3.24. The van der Waals surface area contributed by atoms with Gasteiger partial charge in [0.25, 0.3) is 0 Å². The maximum absolute atomic E-state index is 6.70. The van der Waals surface area contributed by atoms with Crippen molar-refractivity contribution in [1.29, 1.82) is 0 Å². The second kappa shape index (κ2) is 15.1. The van der Waals surface area contributed by atoms with Gasteiger partial charge in [-0.15, -0.1) is 0 Å². The van der Waals surface area contributed by atoms with Gasteiger partial charge < -0.3 is 23.4 Å². The van der Waals surface area contributed by atoms with Crippen LogP contribution in [0.15, 0.2) is 67.0 Å². The Morgan fingerprint density at radius 3 is 2.52 bits per heavy atom. The second-order valence-corrected chi connectivity index (χ2v) is 18.7. The van der Waals surface area contributed by atoms with Crippen LogP contribution in [0.5, 0.6) is 11.5 Å². The summed E-state index contributed by atoms with van der Waals surface area (Å²) in [7, 11) is -2.02. The van der Waals surface area contributed by atoms with Crippen molar-refractivity contribution in [3.8, 4) is 22.8 Å². The molecule has 0 aliphatic carbocycles. The molecule has 0 bridgehead atoms. The number of nitrogens with zero attached hydrogens (tertiary/aromatic N) is 3. The van der Waals surface area contributed by atoms with E-state index in [-0.39, 0.29) is 23.5 Å². The van der Waals surface area contributed by atoms with Crippen molar-refractivity contribution in [1.82, 2.24) is 14.8 Å². The third-order valence-electron chi connectivity index (χ3n) is 9.01. The Labute approximate surface area is 275 Å². The minimum Gasteiger partial charge on any atom is -0.543 e. The highest BCUT2D eigenvalue weighted by molar-refractivity contribution is 6.74. The number of hydrogen-bond donors (Lipinski definition) is 0. The topological polar surface area (TPSA) is 76.9 Å². The second-order valence-electron chi connectivity index (χ2n) is 14.0. The smallest absolute Gasteiger partial charge is 0.250 e.